The minimum atomic E-state index is -0.503. The van der Waals surface area contributed by atoms with Crippen LogP contribution >= 0.6 is 0 Å². The number of anilines is 1. The smallest absolute Gasteiger partial charge is 0.267 e. The van der Waals surface area contributed by atoms with Crippen LogP contribution < -0.4 is 10.1 Å². The molecular formula is C27H21N3O4. The number of nitriles is 1. The molecule has 0 aliphatic heterocycles. The summed E-state index contributed by atoms with van der Waals surface area (Å²) in [6.45, 7) is -0.348. The summed E-state index contributed by atoms with van der Waals surface area (Å²) < 4.78 is 11.1. The molecule has 0 saturated carbocycles. The Morgan fingerprint density at radius 2 is 1.65 bits per heavy atom. The summed E-state index contributed by atoms with van der Waals surface area (Å²) in [4.78, 5) is 17.6. The SMILES string of the molecule is COc1ccc(C=NOCC(=O)Nc2oc(-c3ccccc3)c(-c3ccccc3)c2C#N)cc1. The van der Waals surface area contributed by atoms with Gasteiger partial charge in [0, 0.05) is 11.1 Å². The second-order valence-electron chi connectivity index (χ2n) is 7.18. The zero-order valence-electron chi connectivity index (χ0n) is 18.4. The predicted octanol–water partition coefficient (Wildman–Crippen LogP) is 5.48. The Morgan fingerprint density at radius 1 is 1.00 bits per heavy atom. The molecule has 1 N–H and O–H groups in total. The summed E-state index contributed by atoms with van der Waals surface area (Å²) >= 11 is 0. The third-order valence-electron chi connectivity index (χ3n) is 4.96. The summed E-state index contributed by atoms with van der Waals surface area (Å²) in [5.41, 5.74) is 3.24. The zero-order chi connectivity index (χ0) is 23.8. The van der Waals surface area contributed by atoms with Gasteiger partial charge in [-0.25, -0.2) is 0 Å². The van der Waals surface area contributed by atoms with Crippen LogP contribution in [0.2, 0.25) is 0 Å². The maximum absolute atomic E-state index is 12.5. The van der Waals surface area contributed by atoms with Gasteiger partial charge in [-0.3, -0.25) is 10.1 Å². The van der Waals surface area contributed by atoms with E-state index in [9.17, 15) is 10.1 Å². The number of rotatable bonds is 8. The second-order valence-corrected chi connectivity index (χ2v) is 7.18. The quantitative estimate of drug-likeness (QED) is 0.282. The molecule has 0 saturated heterocycles. The number of hydrogen-bond donors (Lipinski definition) is 1. The van der Waals surface area contributed by atoms with Crippen LogP contribution in [0, 0.1) is 11.3 Å². The van der Waals surface area contributed by atoms with Gasteiger partial charge in [-0.1, -0.05) is 65.8 Å². The largest absolute Gasteiger partial charge is 0.497 e. The average Bonchev–Trinajstić information content (AvgIpc) is 3.26. The van der Waals surface area contributed by atoms with Crippen molar-refractivity contribution in [2.75, 3.05) is 19.0 Å². The van der Waals surface area contributed by atoms with Gasteiger partial charge in [-0.15, -0.1) is 0 Å². The molecule has 34 heavy (non-hydrogen) atoms. The lowest BCUT2D eigenvalue weighted by atomic mass is 9.98. The van der Waals surface area contributed by atoms with E-state index in [4.69, 9.17) is 14.0 Å². The molecule has 0 atom stereocenters. The van der Waals surface area contributed by atoms with Crippen LogP contribution in [0.5, 0.6) is 5.75 Å². The fourth-order valence-electron chi connectivity index (χ4n) is 3.35. The number of oxime groups is 1. The molecule has 1 aromatic heterocycles. The molecule has 0 spiro atoms. The van der Waals surface area contributed by atoms with Crippen molar-refractivity contribution in [3.8, 4) is 34.3 Å². The van der Waals surface area contributed by atoms with E-state index in [0.29, 0.717) is 11.3 Å². The van der Waals surface area contributed by atoms with Crippen LogP contribution in [0.3, 0.4) is 0 Å². The Labute approximate surface area is 196 Å². The van der Waals surface area contributed by atoms with Crippen molar-refractivity contribution in [3.05, 3.63) is 96.1 Å². The van der Waals surface area contributed by atoms with E-state index in [1.54, 1.807) is 19.2 Å². The number of nitrogens with zero attached hydrogens (tertiary/aromatic N) is 2. The number of methoxy groups -OCH3 is 1. The molecule has 4 aromatic rings. The Hall–Kier alpha value is -4.83. The van der Waals surface area contributed by atoms with Gasteiger partial charge < -0.3 is 14.0 Å². The standard InChI is InChI=1S/C27H21N3O4/c1-32-22-14-12-19(13-15-22)17-29-33-18-24(31)30-27-23(16-28)25(20-8-4-2-5-9-20)26(34-27)21-10-6-3-7-11-21/h2-15,17H,18H2,1H3,(H,30,31). The van der Waals surface area contributed by atoms with Gasteiger partial charge in [-0.2, -0.15) is 5.26 Å². The normalized spacial score (nSPS) is 10.6. The van der Waals surface area contributed by atoms with Gasteiger partial charge in [0.1, 0.15) is 23.1 Å². The van der Waals surface area contributed by atoms with Gasteiger partial charge >= 0.3 is 0 Å². The van der Waals surface area contributed by atoms with Crippen LogP contribution in [-0.2, 0) is 9.63 Å². The van der Waals surface area contributed by atoms with Gasteiger partial charge in [0.15, 0.2) is 6.61 Å². The molecule has 4 rings (SSSR count). The Morgan fingerprint density at radius 3 is 2.26 bits per heavy atom. The fraction of sp³-hybridized carbons (Fsp3) is 0.0741. The zero-order valence-corrected chi connectivity index (χ0v) is 18.4. The lowest BCUT2D eigenvalue weighted by molar-refractivity contribution is -0.120. The molecule has 0 aliphatic rings. The Kier molecular flexibility index (Phi) is 7.01. The van der Waals surface area contributed by atoms with Gasteiger partial charge in [0.05, 0.1) is 13.3 Å². The van der Waals surface area contributed by atoms with E-state index < -0.39 is 5.91 Å². The monoisotopic (exact) mass is 451 g/mol. The van der Waals surface area contributed by atoms with E-state index in [-0.39, 0.29) is 18.1 Å². The summed E-state index contributed by atoms with van der Waals surface area (Å²) in [5, 5.41) is 16.3. The molecule has 1 heterocycles. The molecule has 1 amide bonds. The van der Waals surface area contributed by atoms with E-state index >= 15 is 0 Å². The number of furan rings is 1. The van der Waals surface area contributed by atoms with Crippen LogP contribution in [0.1, 0.15) is 11.1 Å². The highest BCUT2D eigenvalue weighted by molar-refractivity contribution is 5.96. The highest BCUT2D eigenvalue weighted by Gasteiger charge is 2.24. The Balaban J connectivity index is 1.52. The molecule has 7 heteroatoms. The molecule has 168 valence electrons. The Bertz CT molecular complexity index is 1320. The first kappa shape index (κ1) is 22.4. The number of benzene rings is 3. The molecule has 0 aliphatic carbocycles. The summed E-state index contributed by atoms with van der Waals surface area (Å²) in [7, 11) is 1.59. The molecule has 0 unspecified atom stereocenters. The van der Waals surface area contributed by atoms with Crippen molar-refractivity contribution in [2.24, 2.45) is 5.16 Å². The molecule has 7 nitrogen and oxygen atoms in total. The molecule has 0 bridgehead atoms. The number of ether oxygens (including phenoxy) is 1. The van der Waals surface area contributed by atoms with Crippen LogP contribution in [0.4, 0.5) is 5.88 Å². The van der Waals surface area contributed by atoms with Crippen molar-refractivity contribution in [3.63, 3.8) is 0 Å². The van der Waals surface area contributed by atoms with Crippen molar-refractivity contribution in [1.29, 1.82) is 5.26 Å². The number of carbonyl (C=O) groups is 1. The van der Waals surface area contributed by atoms with E-state index in [0.717, 1.165) is 22.4 Å². The van der Waals surface area contributed by atoms with E-state index in [1.807, 2.05) is 72.8 Å². The number of hydrogen-bond acceptors (Lipinski definition) is 6. The van der Waals surface area contributed by atoms with Crippen LogP contribution in [0.25, 0.3) is 22.5 Å². The van der Waals surface area contributed by atoms with Crippen molar-refractivity contribution >= 4 is 18.0 Å². The van der Waals surface area contributed by atoms with Gasteiger partial charge in [-0.05, 0) is 35.4 Å². The van der Waals surface area contributed by atoms with Crippen molar-refractivity contribution < 1.29 is 18.8 Å². The number of nitrogens with one attached hydrogen (secondary N) is 1. The topological polar surface area (TPSA) is 96.8 Å². The fourth-order valence-corrected chi connectivity index (χ4v) is 3.35. The first-order chi connectivity index (χ1) is 16.7. The van der Waals surface area contributed by atoms with Gasteiger partial charge in [0.25, 0.3) is 5.91 Å². The number of carbonyl (C=O) groups excluding carboxylic acids is 1. The first-order valence-electron chi connectivity index (χ1n) is 10.5. The predicted molar refractivity (Wildman–Crippen MR) is 129 cm³/mol. The second kappa shape index (κ2) is 10.7. The maximum Gasteiger partial charge on any atom is 0.267 e. The summed E-state index contributed by atoms with van der Waals surface area (Å²) in [6, 6.07) is 28.2. The highest BCUT2D eigenvalue weighted by atomic mass is 16.6. The molecule has 0 fully saturated rings. The minimum Gasteiger partial charge on any atom is -0.497 e. The van der Waals surface area contributed by atoms with Crippen LogP contribution in [0.15, 0.2) is 94.5 Å². The minimum absolute atomic E-state index is 0.0629. The highest BCUT2D eigenvalue weighted by Crippen LogP contribution is 2.41. The lowest BCUT2D eigenvalue weighted by Crippen LogP contribution is -2.17. The number of amides is 1. The lowest BCUT2D eigenvalue weighted by Gasteiger charge is -2.03. The third kappa shape index (κ3) is 5.14. The average molecular weight is 451 g/mol. The first-order valence-corrected chi connectivity index (χ1v) is 10.5. The molecular weight excluding hydrogens is 430 g/mol. The van der Waals surface area contributed by atoms with Gasteiger partial charge in [0.2, 0.25) is 5.88 Å². The third-order valence-corrected chi connectivity index (χ3v) is 4.96. The molecule has 0 radical (unpaired) electrons. The summed E-state index contributed by atoms with van der Waals surface area (Å²) in [6.07, 6.45) is 1.49. The van der Waals surface area contributed by atoms with Crippen molar-refractivity contribution in [1.82, 2.24) is 0 Å². The van der Waals surface area contributed by atoms with E-state index in [1.165, 1.54) is 6.21 Å². The summed E-state index contributed by atoms with van der Waals surface area (Å²) in [5.74, 6) is 0.787. The molecule has 3 aromatic carbocycles. The van der Waals surface area contributed by atoms with Crippen LogP contribution in [-0.4, -0.2) is 25.8 Å². The van der Waals surface area contributed by atoms with Crippen molar-refractivity contribution in [2.45, 2.75) is 0 Å². The van der Waals surface area contributed by atoms with E-state index in [2.05, 4.69) is 16.5 Å². The maximum atomic E-state index is 12.5.